The Balaban J connectivity index is 1.83. The molecule has 152 valence electrons. The van der Waals surface area contributed by atoms with Crippen molar-refractivity contribution in [1.29, 1.82) is 0 Å². The summed E-state index contributed by atoms with van der Waals surface area (Å²) in [6.07, 6.45) is -0.553. The van der Waals surface area contributed by atoms with Crippen LogP contribution in [0.4, 0.5) is 16.2 Å². The van der Waals surface area contributed by atoms with Gasteiger partial charge in [-0.25, -0.2) is 13.2 Å². The lowest BCUT2D eigenvalue weighted by atomic mass is 10.2. The first-order chi connectivity index (χ1) is 12.5. The first-order valence-corrected chi connectivity index (χ1v) is 10.7. The fourth-order valence-electron chi connectivity index (χ4n) is 2.59. The molecular weight excluding hydrogens is 368 g/mol. The number of benzene rings is 1. The molecule has 0 bridgehead atoms. The largest absolute Gasteiger partial charge is 0.444 e. The number of hydrogen-bond acceptors (Lipinski definition) is 6. The van der Waals surface area contributed by atoms with E-state index in [9.17, 15) is 13.2 Å². The van der Waals surface area contributed by atoms with Gasteiger partial charge in [-0.15, -0.1) is 0 Å². The van der Waals surface area contributed by atoms with Gasteiger partial charge in [0.1, 0.15) is 5.60 Å². The predicted molar refractivity (Wildman–Crippen MR) is 108 cm³/mol. The SMILES string of the molecule is CN1CCN(CCS(=O)(=O)Nc2ccc(NC(=O)OC(C)(C)C)cc2)CC1. The fraction of sp³-hybridized carbons (Fsp3) is 0.611. The summed E-state index contributed by atoms with van der Waals surface area (Å²) in [5.74, 6) is 0.0502. The molecule has 0 spiro atoms. The third-order valence-corrected chi connectivity index (χ3v) is 5.34. The van der Waals surface area contributed by atoms with Gasteiger partial charge in [-0.3, -0.25) is 14.9 Å². The van der Waals surface area contributed by atoms with Gasteiger partial charge in [0.15, 0.2) is 0 Å². The van der Waals surface area contributed by atoms with Crippen LogP contribution in [-0.2, 0) is 14.8 Å². The van der Waals surface area contributed by atoms with Gasteiger partial charge in [0.2, 0.25) is 10.0 Å². The van der Waals surface area contributed by atoms with E-state index < -0.39 is 21.7 Å². The molecule has 1 fully saturated rings. The molecule has 2 rings (SSSR count). The Labute approximate surface area is 161 Å². The number of rotatable bonds is 6. The molecule has 0 radical (unpaired) electrons. The maximum absolute atomic E-state index is 12.3. The molecular formula is C18H30N4O4S. The van der Waals surface area contributed by atoms with E-state index in [4.69, 9.17) is 4.74 Å². The molecule has 27 heavy (non-hydrogen) atoms. The van der Waals surface area contributed by atoms with Crippen molar-refractivity contribution in [3.8, 4) is 0 Å². The number of carbonyl (C=O) groups is 1. The second kappa shape index (κ2) is 8.90. The van der Waals surface area contributed by atoms with Crippen molar-refractivity contribution >= 4 is 27.5 Å². The number of sulfonamides is 1. The molecule has 1 aromatic rings. The average molecular weight is 399 g/mol. The van der Waals surface area contributed by atoms with E-state index in [1.54, 1.807) is 45.0 Å². The monoisotopic (exact) mass is 398 g/mol. The first kappa shape index (κ1) is 21.5. The number of ether oxygens (including phenoxy) is 1. The van der Waals surface area contributed by atoms with Gasteiger partial charge in [0.05, 0.1) is 5.75 Å². The molecule has 0 unspecified atom stereocenters. The lowest BCUT2D eigenvalue weighted by molar-refractivity contribution is 0.0636. The summed E-state index contributed by atoms with van der Waals surface area (Å²) in [6.45, 7) is 9.56. The van der Waals surface area contributed by atoms with Crippen LogP contribution < -0.4 is 10.0 Å². The number of piperazine rings is 1. The second-order valence-corrected chi connectivity index (χ2v) is 9.61. The van der Waals surface area contributed by atoms with Crippen LogP contribution in [-0.4, -0.2) is 75.4 Å². The normalized spacial score (nSPS) is 16.7. The highest BCUT2D eigenvalue weighted by atomic mass is 32.2. The molecule has 9 heteroatoms. The summed E-state index contributed by atoms with van der Waals surface area (Å²) < 4.78 is 32.3. The third-order valence-electron chi connectivity index (χ3n) is 4.08. The van der Waals surface area contributed by atoms with E-state index in [2.05, 4.69) is 26.9 Å². The Morgan fingerprint density at radius 2 is 1.63 bits per heavy atom. The summed E-state index contributed by atoms with van der Waals surface area (Å²) in [5, 5.41) is 2.61. The number of anilines is 2. The zero-order chi connectivity index (χ0) is 20.1. The molecule has 1 aliphatic rings. The van der Waals surface area contributed by atoms with Gasteiger partial charge < -0.3 is 9.64 Å². The Bertz CT molecular complexity index is 721. The predicted octanol–water partition coefficient (Wildman–Crippen LogP) is 2.02. The molecule has 1 saturated heterocycles. The minimum atomic E-state index is -3.42. The third kappa shape index (κ3) is 8.15. The molecule has 1 aliphatic heterocycles. The first-order valence-electron chi connectivity index (χ1n) is 9.04. The van der Waals surface area contributed by atoms with Crippen molar-refractivity contribution in [2.45, 2.75) is 26.4 Å². The highest BCUT2D eigenvalue weighted by Gasteiger charge is 2.18. The Morgan fingerprint density at radius 3 is 2.19 bits per heavy atom. The minimum absolute atomic E-state index is 0.0502. The summed E-state index contributed by atoms with van der Waals surface area (Å²) >= 11 is 0. The smallest absolute Gasteiger partial charge is 0.412 e. The summed E-state index contributed by atoms with van der Waals surface area (Å²) in [6, 6.07) is 6.48. The number of carbonyl (C=O) groups excluding carboxylic acids is 1. The second-order valence-electron chi connectivity index (χ2n) is 7.77. The highest BCUT2D eigenvalue weighted by Crippen LogP contribution is 2.16. The minimum Gasteiger partial charge on any atom is -0.444 e. The van der Waals surface area contributed by atoms with Gasteiger partial charge in [-0.1, -0.05) is 0 Å². The van der Waals surface area contributed by atoms with E-state index in [0.29, 0.717) is 17.9 Å². The lowest BCUT2D eigenvalue weighted by Gasteiger charge is -2.32. The van der Waals surface area contributed by atoms with Crippen LogP contribution in [0.15, 0.2) is 24.3 Å². The zero-order valence-electron chi connectivity index (χ0n) is 16.5. The number of likely N-dealkylation sites (N-methyl/N-ethyl adjacent to an activating group) is 1. The molecule has 1 aromatic carbocycles. The Kier molecular flexibility index (Phi) is 7.07. The molecule has 0 aromatic heterocycles. The van der Waals surface area contributed by atoms with Crippen LogP contribution in [0, 0.1) is 0 Å². The van der Waals surface area contributed by atoms with Crippen molar-refractivity contribution in [3.63, 3.8) is 0 Å². The summed E-state index contributed by atoms with van der Waals surface area (Å²) in [4.78, 5) is 16.1. The van der Waals surface area contributed by atoms with Gasteiger partial charge >= 0.3 is 6.09 Å². The standard InChI is InChI=1S/C18H30N4O4S/c1-18(2,3)26-17(23)19-15-5-7-16(8-6-15)20-27(24,25)14-13-22-11-9-21(4)10-12-22/h5-8,20H,9-14H2,1-4H3,(H,19,23). The molecule has 0 aliphatic carbocycles. The maximum Gasteiger partial charge on any atom is 0.412 e. The van der Waals surface area contributed by atoms with Crippen LogP contribution in [0.5, 0.6) is 0 Å². The van der Waals surface area contributed by atoms with Crippen LogP contribution >= 0.6 is 0 Å². The summed E-state index contributed by atoms with van der Waals surface area (Å²) in [5.41, 5.74) is 0.413. The number of hydrogen-bond donors (Lipinski definition) is 2. The molecule has 1 heterocycles. The van der Waals surface area contributed by atoms with Gasteiger partial charge in [-0.05, 0) is 52.1 Å². The van der Waals surface area contributed by atoms with Gasteiger partial charge in [0.25, 0.3) is 0 Å². The molecule has 0 atom stereocenters. The van der Waals surface area contributed by atoms with Crippen molar-refractivity contribution in [2.24, 2.45) is 0 Å². The topological polar surface area (TPSA) is 91.0 Å². The van der Waals surface area contributed by atoms with E-state index in [1.807, 2.05) is 0 Å². The van der Waals surface area contributed by atoms with E-state index in [-0.39, 0.29) is 5.75 Å². The van der Waals surface area contributed by atoms with E-state index in [1.165, 1.54) is 0 Å². The van der Waals surface area contributed by atoms with Crippen molar-refractivity contribution in [1.82, 2.24) is 9.80 Å². The molecule has 8 nitrogen and oxygen atoms in total. The van der Waals surface area contributed by atoms with Crippen molar-refractivity contribution in [3.05, 3.63) is 24.3 Å². The van der Waals surface area contributed by atoms with Crippen LogP contribution in [0.25, 0.3) is 0 Å². The molecule has 1 amide bonds. The highest BCUT2D eigenvalue weighted by molar-refractivity contribution is 7.92. The van der Waals surface area contributed by atoms with Crippen LogP contribution in [0.1, 0.15) is 20.8 Å². The molecule has 2 N–H and O–H groups in total. The Morgan fingerprint density at radius 1 is 1.07 bits per heavy atom. The Hall–Kier alpha value is -1.84. The molecule has 0 saturated carbocycles. The van der Waals surface area contributed by atoms with Gasteiger partial charge in [-0.2, -0.15) is 0 Å². The fourth-order valence-corrected chi connectivity index (χ4v) is 3.69. The quantitative estimate of drug-likeness (QED) is 0.762. The van der Waals surface area contributed by atoms with Crippen molar-refractivity contribution < 1.29 is 17.9 Å². The zero-order valence-corrected chi connectivity index (χ0v) is 17.3. The van der Waals surface area contributed by atoms with Crippen LogP contribution in [0.3, 0.4) is 0 Å². The lowest BCUT2D eigenvalue weighted by Crippen LogP contribution is -2.46. The average Bonchev–Trinajstić information content (AvgIpc) is 2.54. The summed E-state index contributed by atoms with van der Waals surface area (Å²) in [7, 11) is -1.36. The number of nitrogens with zero attached hydrogens (tertiary/aromatic N) is 2. The number of nitrogens with one attached hydrogen (secondary N) is 2. The van der Waals surface area contributed by atoms with Gasteiger partial charge in [0, 0.05) is 44.1 Å². The van der Waals surface area contributed by atoms with E-state index in [0.717, 1.165) is 26.2 Å². The van der Waals surface area contributed by atoms with Crippen molar-refractivity contribution in [2.75, 3.05) is 55.6 Å². The van der Waals surface area contributed by atoms with E-state index >= 15 is 0 Å². The van der Waals surface area contributed by atoms with Crippen LogP contribution in [0.2, 0.25) is 0 Å². The number of amides is 1. The maximum atomic E-state index is 12.3.